The average Bonchev–Trinajstić information content (AvgIpc) is 3.12. The molecule has 1 fully saturated rings. The fourth-order valence-corrected chi connectivity index (χ4v) is 5.51. The lowest BCUT2D eigenvalue weighted by Gasteiger charge is -2.38. The van der Waals surface area contributed by atoms with Gasteiger partial charge in [0.15, 0.2) is 8.32 Å². The molecule has 1 aliphatic carbocycles. The highest BCUT2D eigenvalue weighted by atomic mass is 28.4. The van der Waals surface area contributed by atoms with Crippen LogP contribution in [0.15, 0.2) is 18.3 Å². The Morgan fingerprint density at radius 1 is 1.08 bits per heavy atom. The Labute approximate surface area is 218 Å². The second kappa shape index (κ2) is 10.1. The molecule has 0 atom stereocenters. The lowest BCUT2D eigenvalue weighted by molar-refractivity contribution is 0.0632. The highest BCUT2D eigenvalue weighted by Crippen LogP contribution is 2.39. The van der Waals surface area contributed by atoms with Gasteiger partial charge in [-0.1, -0.05) is 20.8 Å². The number of carbonyl (C=O) groups is 1. The molecule has 1 aromatic heterocycles. The van der Waals surface area contributed by atoms with Gasteiger partial charge in [0, 0.05) is 23.8 Å². The molecule has 1 aliphatic rings. The normalized spacial score (nSPS) is 20.0. The van der Waals surface area contributed by atoms with Gasteiger partial charge in [-0.2, -0.15) is 5.10 Å². The summed E-state index contributed by atoms with van der Waals surface area (Å²) in [4.78, 5) is 12.5. The molecule has 8 heteroatoms. The maximum absolute atomic E-state index is 12.5. The van der Waals surface area contributed by atoms with E-state index in [9.17, 15) is 9.90 Å². The van der Waals surface area contributed by atoms with E-state index in [2.05, 4.69) is 50.1 Å². The van der Waals surface area contributed by atoms with E-state index in [4.69, 9.17) is 14.3 Å². The predicted molar refractivity (Wildman–Crippen MR) is 149 cm³/mol. The van der Waals surface area contributed by atoms with E-state index in [1.807, 2.05) is 32.9 Å². The Hall–Kier alpha value is -1.90. The first kappa shape index (κ1) is 28.7. The van der Waals surface area contributed by atoms with Crippen molar-refractivity contribution in [3.05, 3.63) is 23.9 Å². The Morgan fingerprint density at radius 3 is 2.22 bits per heavy atom. The highest BCUT2D eigenvalue weighted by molar-refractivity contribution is 6.74. The van der Waals surface area contributed by atoms with Crippen molar-refractivity contribution in [2.45, 2.75) is 116 Å². The Bertz CT molecular complexity index is 1070. The molecule has 0 saturated heterocycles. The maximum Gasteiger partial charge on any atom is 0.412 e. The van der Waals surface area contributed by atoms with Crippen molar-refractivity contribution >= 4 is 31.0 Å². The first-order valence-corrected chi connectivity index (χ1v) is 16.2. The van der Waals surface area contributed by atoms with Gasteiger partial charge in [0.25, 0.3) is 0 Å². The summed E-state index contributed by atoms with van der Waals surface area (Å²) in [5, 5.41) is 19.6. The molecule has 2 aromatic rings. The number of aliphatic hydroxyl groups is 1. The summed E-state index contributed by atoms with van der Waals surface area (Å²) in [6, 6.07) is 4.10. The minimum absolute atomic E-state index is 0.235. The Morgan fingerprint density at radius 2 is 1.69 bits per heavy atom. The van der Waals surface area contributed by atoms with Gasteiger partial charge < -0.3 is 14.3 Å². The van der Waals surface area contributed by atoms with E-state index < -0.39 is 25.6 Å². The topological polar surface area (TPSA) is 85.6 Å². The van der Waals surface area contributed by atoms with Crippen molar-refractivity contribution in [3.8, 4) is 0 Å². The second-order valence-corrected chi connectivity index (χ2v) is 18.3. The number of nitrogens with one attached hydrogen (secondary N) is 1. The van der Waals surface area contributed by atoms with Gasteiger partial charge in [0.2, 0.25) is 0 Å². The van der Waals surface area contributed by atoms with Crippen molar-refractivity contribution in [1.29, 1.82) is 0 Å². The SMILES string of the molecule is CC(C)(C)OC(=O)Nc1cc2cn([C@H]3CC[C@H](CO[Si](C)(C)C(C)(C)C)CC3)nc2cc1C(C)(C)O. The fourth-order valence-electron chi connectivity index (χ4n) is 4.42. The molecule has 0 bridgehead atoms. The molecule has 7 nitrogen and oxygen atoms in total. The summed E-state index contributed by atoms with van der Waals surface area (Å²) in [5.74, 6) is 0.603. The first-order chi connectivity index (χ1) is 16.4. The minimum Gasteiger partial charge on any atom is -0.444 e. The molecule has 36 heavy (non-hydrogen) atoms. The number of anilines is 1. The first-order valence-electron chi connectivity index (χ1n) is 13.3. The lowest BCUT2D eigenvalue weighted by atomic mass is 9.87. The van der Waals surface area contributed by atoms with Crippen LogP contribution in [0.1, 0.15) is 92.7 Å². The monoisotopic (exact) mass is 517 g/mol. The number of ether oxygens (including phenoxy) is 1. The van der Waals surface area contributed by atoms with E-state index in [0.717, 1.165) is 43.2 Å². The molecule has 2 N–H and O–H groups in total. The number of carbonyl (C=O) groups excluding carboxylic acids is 1. The molecule has 1 amide bonds. The molecule has 0 spiro atoms. The third kappa shape index (κ3) is 7.10. The zero-order valence-corrected chi connectivity index (χ0v) is 25.0. The zero-order chi connectivity index (χ0) is 27.1. The smallest absolute Gasteiger partial charge is 0.412 e. The van der Waals surface area contributed by atoms with Gasteiger partial charge in [-0.3, -0.25) is 10.00 Å². The predicted octanol–water partition coefficient (Wildman–Crippen LogP) is 7.36. The van der Waals surface area contributed by atoms with Gasteiger partial charge >= 0.3 is 6.09 Å². The van der Waals surface area contributed by atoms with Crippen LogP contribution in [0.4, 0.5) is 10.5 Å². The Kier molecular flexibility index (Phi) is 8.04. The van der Waals surface area contributed by atoms with E-state index in [1.165, 1.54) is 0 Å². The van der Waals surface area contributed by atoms with Crippen LogP contribution < -0.4 is 5.32 Å². The number of hydrogen-bond acceptors (Lipinski definition) is 5. The molecule has 0 radical (unpaired) electrons. The van der Waals surface area contributed by atoms with Crippen molar-refractivity contribution in [3.63, 3.8) is 0 Å². The number of benzene rings is 1. The summed E-state index contributed by atoms with van der Waals surface area (Å²) in [6.45, 7) is 21.3. The van der Waals surface area contributed by atoms with Crippen LogP contribution in [0.3, 0.4) is 0 Å². The molecule has 0 unspecified atom stereocenters. The summed E-state index contributed by atoms with van der Waals surface area (Å²) in [5.41, 5.74) is 0.200. The minimum atomic E-state index is -1.72. The lowest BCUT2D eigenvalue weighted by Crippen LogP contribution is -2.42. The van der Waals surface area contributed by atoms with E-state index >= 15 is 0 Å². The van der Waals surface area contributed by atoms with Crippen molar-refractivity contribution in [2.24, 2.45) is 5.92 Å². The maximum atomic E-state index is 12.5. The third-order valence-electron chi connectivity index (χ3n) is 7.63. The summed E-state index contributed by atoms with van der Waals surface area (Å²) in [7, 11) is -1.72. The number of nitrogens with zero attached hydrogens (tertiary/aromatic N) is 2. The van der Waals surface area contributed by atoms with Crippen LogP contribution in [0.2, 0.25) is 18.1 Å². The number of amides is 1. The number of aromatic nitrogens is 2. The van der Waals surface area contributed by atoms with Crippen LogP contribution in [-0.4, -0.2) is 41.5 Å². The summed E-state index contributed by atoms with van der Waals surface area (Å²) in [6.07, 6.45) is 5.92. The molecule has 1 heterocycles. The number of hydrogen-bond donors (Lipinski definition) is 2. The van der Waals surface area contributed by atoms with E-state index in [1.54, 1.807) is 13.8 Å². The number of fused-ring (bicyclic) bond motifs is 1. The van der Waals surface area contributed by atoms with Crippen molar-refractivity contribution in [1.82, 2.24) is 9.78 Å². The fraction of sp³-hybridized carbons (Fsp3) is 0.714. The highest BCUT2D eigenvalue weighted by Gasteiger charge is 2.38. The molecular formula is C28H47N3O4Si. The van der Waals surface area contributed by atoms with Gasteiger partial charge in [-0.15, -0.1) is 0 Å². The van der Waals surface area contributed by atoms with E-state index in [0.29, 0.717) is 23.2 Å². The van der Waals surface area contributed by atoms with Gasteiger partial charge in [0.05, 0.1) is 22.8 Å². The van der Waals surface area contributed by atoms with Gasteiger partial charge in [-0.25, -0.2) is 4.79 Å². The third-order valence-corrected chi connectivity index (χ3v) is 12.1. The molecule has 1 aromatic carbocycles. The van der Waals surface area contributed by atoms with E-state index in [-0.39, 0.29) is 5.04 Å². The summed E-state index contributed by atoms with van der Waals surface area (Å²) >= 11 is 0. The molecule has 1 saturated carbocycles. The van der Waals surface area contributed by atoms with Crippen LogP contribution in [0.5, 0.6) is 0 Å². The van der Waals surface area contributed by atoms with Gasteiger partial charge in [-0.05, 0) is 96.5 Å². The zero-order valence-electron chi connectivity index (χ0n) is 24.0. The molecule has 202 valence electrons. The second-order valence-electron chi connectivity index (χ2n) is 13.5. The summed E-state index contributed by atoms with van der Waals surface area (Å²) < 4.78 is 14.0. The quantitative estimate of drug-likeness (QED) is 0.391. The average molecular weight is 518 g/mol. The van der Waals surface area contributed by atoms with Crippen LogP contribution in [0.25, 0.3) is 10.9 Å². The van der Waals surface area contributed by atoms with Crippen molar-refractivity contribution < 1.29 is 19.1 Å². The molecule has 0 aliphatic heterocycles. The Balaban J connectivity index is 1.73. The van der Waals surface area contributed by atoms with Gasteiger partial charge in [0.1, 0.15) is 5.60 Å². The van der Waals surface area contributed by atoms with Crippen LogP contribution in [0, 0.1) is 5.92 Å². The van der Waals surface area contributed by atoms with Crippen LogP contribution >= 0.6 is 0 Å². The largest absolute Gasteiger partial charge is 0.444 e. The standard InChI is InChI=1S/C28H47N3O4Si/c1-26(2,3)35-25(32)29-24-15-20-17-31(30-23(20)16-22(24)28(7,8)33)21-13-11-19(12-14-21)18-34-36(9,10)27(4,5)6/h15-17,19,21,33H,11-14,18H2,1-10H3,(H,29,32)/t19-,21-. The van der Waals surface area contributed by atoms with Crippen LogP contribution in [-0.2, 0) is 14.8 Å². The van der Waals surface area contributed by atoms with Crippen molar-refractivity contribution in [2.75, 3.05) is 11.9 Å². The number of rotatable bonds is 6. The molecule has 3 rings (SSSR count). The molecular weight excluding hydrogens is 470 g/mol.